The molecule has 1 atom stereocenters. The molecule has 0 aliphatic heterocycles. The van der Waals surface area contributed by atoms with E-state index in [0.29, 0.717) is 19.6 Å². The number of ether oxygens (including phenoxy) is 2. The number of hydrogen-bond donors (Lipinski definition) is 2. The maximum absolute atomic E-state index is 10.5. The molecule has 0 bridgehead atoms. The standard InChI is InChI=1S/C23H33NO4/c1-23(2,3)21-14-20(27-4)10-11-22(21)28-17-19(26)16-24(12-13-25)15-18-8-6-5-7-9-18/h5-11,14,19,25-26H,12-13,15-17H2,1-4H3. The molecular weight excluding hydrogens is 354 g/mol. The fourth-order valence-electron chi connectivity index (χ4n) is 3.10. The van der Waals surface area contributed by atoms with Gasteiger partial charge in [-0.15, -0.1) is 0 Å². The van der Waals surface area contributed by atoms with E-state index >= 15 is 0 Å². The molecule has 0 saturated carbocycles. The van der Waals surface area contributed by atoms with E-state index in [9.17, 15) is 10.2 Å². The molecule has 0 radical (unpaired) electrons. The van der Waals surface area contributed by atoms with Gasteiger partial charge in [-0.2, -0.15) is 0 Å². The van der Waals surface area contributed by atoms with Crippen molar-refractivity contribution >= 4 is 0 Å². The number of hydrogen-bond acceptors (Lipinski definition) is 5. The lowest BCUT2D eigenvalue weighted by molar-refractivity contribution is 0.0584. The van der Waals surface area contributed by atoms with Crippen LogP contribution in [0.1, 0.15) is 31.9 Å². The SMILES string of the molecule is COc1ccc(OCC(O)CN(CCO)Cc2ccccc2)c(C(C)(C)C)c1. The first-order chi connectivity index (χ1) is 13.3. The quantitative estimate of drug-likeness (QED) is 0.655. The van der Waals surface area contributed by atoms with Gasteiger partial charge in [0.15, 0.2) is 0 Å². The van der Waals surface area contributed by atoms with E-state index in [1.165, 1.54) is 0 Å². The van der Waals surface area contributed by atoms with Gasteiger partial charge >= 0.3 is 0 Å². The average molecular weight is 388 g/mol. The van der Waals surface area contributed by atoms with Crippen molar-refractivity contribution in [2.75, 3.05) is 33.4 Å². The zero-order chi connectivity index (χ0) is 20.6. The van der Waals surface area contributed by atoms with E-state index in [-0.39, 0.29) is 18.6 Å². The molecule has 0 aliphatic carbocycles. The predicted octanol–water partition coefficient (Wildman–Crippen LogP) is 3.23. The Hall–Kier alpha value is -2.08. The second-order valence-corrected chi connectivity index (χ2v) is 8.02. The monoisotopic (exact) mass is 387 g/mol. The summed E-state index contributed by atoms with van der Waals surface area (Å²) in [5.74, 6) is 1.54. The summed E-state index contributed by atoms with van der Waals surface area (Å²) in [6, 6.07) is 15.8. The highest BCUT2D eigenvalue weighted by Crippen LogP contribution is 2.34. The van der Waals surface area contributed by atoms with Crippen molar-refractivity contribution in [2.45, 2.75) is 38.8 Å². The molecule has 0 amide bonds. The van der Waals surface area contributed by atoms with Crippen LogP contribution in [-0.4, -0.2) is 54.6 Å². The lowest BCUT2D eigenvalue weighted by Crippen LogP contribution is -2.37. The molecule has 5 nitrogen and oxygen atoms in total. The van der Waals surface area contributed by atoms with Crippen LogP contribution in [-0.2, 0) is 12.0 Å². The third-order valence-corrected chi connectivity index (χ3v) is 4.56. The summed E-state index contributed by atoms with van der Waals surface area (Å²) in [5, 5.41) is 19.9. The number of methoxy groups -OCH3 is 1. The molecule has 0 spiro atoms. The molecule has 0 aromatic heterocycles. The normalized spacial score (nSPS) is 12.8. The molecule has 2 rings (SSSR count). The van der Waals surface area contributed by atoms with Gasteiger partial charge in [-0.3, -0.25) is 4.90 Å². The van der Waals surface area contributed by atoms with Crippen LogP contribution in [0.4, 0.5) is 0 Å². The van der Waals surface area contributed by atoms with Gasteiger partial charge in [-0.05, 0) is 29.2 Å². The number of aliphatic hydroxyl groups excluding tert-OH is 2. The highest BCUT2D eigenvalue weighted by Gasteiger charge is 2.21. The van der Waals surface area contributed by atoms with Gasteiger partial charge in [-0.25, -0.2) is 0 Å². The number of benzene rings is 2. The molecule has 0 aliphatic rings. The minimum Gasteiger partial charge on any atom is -0.497 e. The highest BCUT2D eigenvalue weighted by molar-refractivity contribution is 5.44. The van der Waals surface area contributed by atoms with Gasteiger partial charge in [0.2, 0.25) is 0 Å². The van der Waals surface area contributed by atoms with Crippen LogP contribution >= 0.6 is 0 Å². The van der Waals surface area contributed by atoms with Crippen LogP contribution in [0.3, 0.4) is 0 Å². The predicted molar refractivity (Wildman–Crippen MR) is 112 cm³/mol. The van der Waals surface area contributed by atoms with Crippen LogP contribution in [0, 0.1) is 0 Å². The zero-order valence-corrected chi connectivity index (χ0v) is 17.4. The fourth-order valence-corrected chi connectivity index (χ4v) is 3.10. The summed E-state index contributed by atoms with van der Waals surface area (Å²) in [4.78, 5) is 2.03. The molecule has 0 heterocycles. The highest BCUT2D eigenvalue weighted by atomic mass is 16.5. The molecule has 2 aromatic rings. The van der Waals surface area contributed by atoms with Crippen LogP contribution in [0.25, 0.3) is 0 Å². The first-order valence-corrected chi connectivity index (χ1v) is 9.70. The van der Waals surface area contributed by atoms with E-state index in [0.717, 1.165) is 22.6 Å². The number of rotatable bonds is 10. The van der Waals surface area contributed by atoms with Crippen molar-refractivity contribution in [3.05, 3.63) is 59.7 Å². The third-order valence-electron chi connectivity index (χ3n) is 4.56. The van der Waals surface area contributed by atoms with Gasteiger partial charge in [0.25, 0.3) is 0 Å². The lowest BCUT2D eigenvalue weighted by Gasteiger charge is -2.26. The Morgan fingerprint density at radius 2 is 1.79 bits per heavy atom. The van der Waals surface area contributed by atoms with Crippen molar-refractivity contribution in [2.24, 2.45) is 0 Å². The number of nitrogens with zero attached hydrogens (tertiary/aromatic N) is 1. The summed E-state index contributed by atoms with van der Waals surface area (Å²) >= 11 is 0. The van der Waals surface area contributed by atoms with E-state index in [4.69, 9.17) is 9.47 Å². The molecule has 2 N–H and O–H groups in total. The molecular formula is C23H33NO4. The van der Waals surface area contributed by atoms with Crippen molar-refractivity contribution in [1.82, 2.24) is 4.90 Å². The summed E-state index contributed by atoms with van der Waals surface area (Å²) in [6.07, 6.45) is -0.662. The minimum atomic E-state index is -0.662. The molecule has 2 aromatic carbocycles. The van der Waals surface area contributed by atoms with E-state index in [1.54, 1.807) is 7.11 Å². The van der Waals surface area contributed by atoms with Crippen molar-refractivity contribution < 1.29 is 19.7 Å². The average Bonchev–Trinajstić information content (AvgIpc) is 2.66. The Kier molecular flexibility index (Phi) is 8.30. The first kappa shape index (κ1) is 22.2. The molecule has 5 heteroatoms. The Morgan fingerprint density at radius 3 is 2.39 bits per heavy atom. The fraction of sp³-hybridized carbons (Fsp3) is 0.478. The maximum atomic E-state index is 10.5. The van der Waals surface area contributed by atoms with Gasteiger partial charge < -0.3 is 19.7 Å². The maximum Gasteiger partial charge on any atom is 0.123 e. The molecule has 154 valence electrons. The van der Waals surface area contributed by atoms with E-state index < -0.39 is 6.10 Å². The molecule has 0 fully saturated rings. The third kappa shape index (κ3) is 6.82. The molecule has 28 heavy (non-hydrogen) atoms. The second-order valence-electron chi connectivity index (χ2n) is 8.02. The van der Waals surface area contributed by atoms with Crippen LogP contribution in [0.15, 0.2) is 48.5 Å². The molecule has 1 unspecified atom stereocenters. The summed E-state index contributed by atoms with van der Waals surface area (Å²) < 4.78 is 11.3. The Balaban J connectivity index is 1.99. The van der Waals surface area contributed by atoms with E-state index in [2.05, 4.69) is 20.8 Å². The summed E-state index contributed by atoms with van der Waals surface area (Å²) in [5.41, 5.74) is 2.08. The Morgan fingerprint density at radius 1 is 1.07 bits per heavy atom. The second kappa shape index (κ2) is 10.5. The first-order valence-electron chi connectivity index (χ1n) is 9.70. The molecule has 0 saturated heterocycles. The van der Waals surface area contributed by atoms with Gasteiger partial charge in [-0.1, -0.05) is 51.1 Å². The van der Waals surface area contributed by atoms with Crippen LogP contribution < -0.4 is 9.47 Å². The van der Waals surface area contributed by atoms with Gasteiger partial charge in [0.05, 0.1) is 13.7 Å². The lowest BCUT2D eigenvalue weighted by atomic mass is 9.86. The van der Waals surface area contributed by atoms with Crippen molar-refractivity contribution in [3.63, 3.8) is 0 Å². The zero-order valence-electron chi connectivity index (χ0n) is 17.4. The van der Waals surface area contributed by atoms with Crippen LogP contribution in [0.2, 0.25) is 0 Å². The summed E-state index contributed by atoms with van der Waals surface area (Å²) in [7, 11) is 1.65. The largest absolute Gasteiger partial charge is 0.497 e. The summed E-state index contributed by atoms with van der Waals surface area (Å²) in [6.45, 7) is 8.20. The van der Waals surface area contributed by atoms with Gasteiger partial charge in [0.1, 0.15) is 24.2 Å². The van der Waals surface area contributed by atoms with Crippen LogP contribution in [0.5, 0.6) is 11.5 Å². The van der Waals surface area contributed by atoms with E-state index in [1.807, 2.05) is 53.4 Å². The number of aliphatic hydroxyl groups is 2. The van der Waals surface area contributed by atoms with Gasteiger partial charge in [0, 0.05) is 25.2 Å². The minimum absolute atomic E-state index is 0.0487. The Labute approximate surface area is 168 Å². The Bertz CT molecular complexity index is 712. The van der Waals surface area contributed by atoms with Crippen molar-refractivity contribution in [1.29, 1.82) is 0 Å². The van der Waals surface area contributed by atoms with Crippen molar-refractivity contribution in [3.8, 4) is 11.5 Å². The smallest absolute Gasteiger partial charge is 0.123 e. The topological polar surface area (TPSA) is 62.2 Å².